The molecule has 0 amide bonds. The van der Waals surface area contributed by atoms with Crippen molar-refractivity contribution >= 4 is 0 Å². The fraction of sp³-hybridized carbons (Fsp3) is 0.389. The van der Waals surface area contributed by atoms with Crippen LogP contribution in [0.3, 0.4) is 0 Å². The van der Waals surface area contributed by atoms with Gasteiger partial charge in [0.05, 0.1) is 12.7 Å². The van der Waals surface area contributed by atoms with E-state index in [4.69, 9.17) is 4.74 Å². The van der Waals surface area contributed by atoms with Crippen LogP contribution in [-0.4, -0.2) is 24.2 Å². The van der Waals surface area contributed by atoms with Gasteiger partial charge in [-0.05, 0) is 36.2 Å². The van der Waals surface area contributed by atoms with Gasteiger partial charge in [-0.1, -0.05) is 37.3 Å². The lowest BCUT2D eigenvalue weighted by molar-refractivity contribution is 0.0156. The minimum atomic E-state index is 0.108. The molecule has 1 N–H and O–H groups in total. The van der Waals surface area contributed by atoms with Crippen LogP contribution in [0.15, 0.2) is 48.7 Å². The first-order valence-corrected chi connectivity index (χ1v) is 7.71. The topological polar surface area (TPSA) is 34.2 Å². The highest BCUT2D eigenvalue weighted by Crippen LogP contribution is 2.30. The lowest BCUT2D eigenvalue weighted by atomic mass is 9.91. The van der Waals surface area contributed by atoms with Gasteiger partial charge in [0.2, 0.25) is 0 Å². The lowest BCUT2D eigenvalue weighted by Crippen LogP contribution is -2.40. The van der Waals surface area contributed by atoms with E-state index in [2.05, 4.69) is 47.6 Å². The normalized spacial score (nSPS) is 19.0. The van der Waals surface area contributed by atoms with Gasteiger partial charge in [-0.2, -0.15) is 0 Å². The molecule has 1 aromatic heterocycles. The number of likely N-dealkylation sites (N-methyl/N-ethyl adjacent to an activating group) is 1. The third-order valence-electron chi connectivity index (χ3n) is 4.02. The van der Waals surface area contributed by atoms with E-state index in [9.17, 15) is 0 Å². The smallest absolute Gasteiger partial charge is 0.0984 e. The Balaban J connectivity index is 1.84. The van der Waals surface area contributed by atoms with Crippen LogP contribution in [0.5, 0.6) is 0 Å². The summed E-state index contributed by atoms with van der Waals surface area (Å²) in [5.74, 6) is 0. The summed E-state index contributed by atoms with van der Waals surface area (Å²) in [6.07, 6.45) is 3.86. The second-order valence-electron chi connectivity index (χ2n) is 5.43. The highest BCUT2D eigenvalue weighted by atomic mass is 16.5. The Morgan fingerprint density at radius 2 is 2.10 bits per heavy atom. The molecule has 2 heterocycles. The highest BCUT2D eigenvalue weighted by Gasteiger charge is 2.28. The van der Waals surface area contributed by atoms with E-state index in [-0.39, 0.29) is 12.1 Å². The summed E-state index contributed by atoms with van der Waals surface area (Å²) < 4.78 is 6.10. The first-order chi connectivity index (χ1) is 10.4. The van der Waals surface area contributed by atoms with E-state index >= 15 is 0 Å². The summed E-state index contributed by atoms with van der Waals surface area (Å²) >= 11 is 0. The fourth-order valence-electron chi connectivity index (χ4n) is 3.05. The Morgan fingerprint density at radius 3 is 2.90 bits per heavy atom. The lowest BCUT2D eigenvalue weighted by Gasteiger charge is -2.33. The Labute approximate surface area is 126 Å². The van der Waals surface area contributed by atoms with Crippen molar-refractivity contribution in [3.8, 4) is 0 Å². The summed E-state index contributed by atoms with van der Waals surface area (Å²) in [6.45, 7) is 3.87. The molecule has 0 aliphatic carbocycles. The number of aromatic nitrogens is 1. The highest BCUT2D eigenvalue weighted by molar-refractivity contribution is 5.32. The van der Waals surface area contributed by atoms with Crippen LogP contribution >= 0.6 is 0 Å². The monoisotopic (exact) mass is 282 g/mol. The van der Waals surface area contributed by atoms with Crippen molar-refractivity contribution in [2.45, 2.75) is 31.9 Å². The standard InChI is InChI=1S/C18H22N2O/c1-2-19-17(13-15-8-5-6-11-20-15)18-16-9-4-3-7-14(16)10-12-21-18/h3-9,11,17-19H,2,10,12-13H2,1H3. The van der Waals surface area contributed by atoms with Crippen LogP contribution in [0.4, 0.5) is 0 Å². The number of ether oxygens (including phenoxy) is 1. The third-order valence-corrected chi connectivity index (χ3v) is 4.02. The molecule has 2 aromatic rings. The van der Waals surface area contributed by atoms with Crippen LogP contribution in [0.1, 0.15) is 29.8 Å². The summed E-state index contributed by atoms with van der Waals surface area (Å²) in [7, 11) is 0. The van der Waals surface area contributed by atoms with E-state index in [1.54, 1.807) is 0 Å². The van der Waals surface area contributed by atoms with E-state index in [1.807, 2.05) is 18.3 Å². The molecule has 2 unspecified atom stereocenters. The van der Waals surface area contributed by atoms with Crippen molar-refractivity contribution in [2.24, 2.45) is 0 Å². The zero-order chi connectivity index (χ0) is 14.5. The average Bonchev–Trinajstić information content (AvgIpc) is 2.55. The maximum absolute atomic E-state index is 6.10. The number of nitrogens with zero attached hydrogens (tertiary/aromatic N) is 1. The van der Waals surface area contributed by atoms with Crippen molar-refractivity contribution in [2.75, 3.05) is 13.2 Å². The van der Waals surface area contributed by atoms with Gasteiger partial charge in [0, 0.05) is 24.4 Å². The van der Waals surface area contributed by atoms with E-state index in [0.717, 1.165) is 31.7 Å². The zero-order valence-electron chi connectivity index (χ0n) is 12.5. The van der Waals surface area contributed by atoms with Gasteiger partial charge in [0.25, 0.3) is 0 Å². The Morgan fingerprint density at radius 1 is 1.24 bits per heavy atom. The molecule has 110 valence electrons. The fourth-order valence-corrected chi connectivity index (χ4v) is 3.05. The third kappa shape index (κ3) is 3.31. The molecular formula is C18H22N2O. The SMILES string of the molecule is CCNC(Cc1ccccn1)C1OCCc2ccccc21. The minimum Gasteiger partial charge on any atom is -0.372 e. The summed E-state index contributed by atoms with van der Waals surface area (Å²) in [6, 6.07) is 15.0. The van der Waals surface area contributed by atoms with Crippen LogP contribution in [-0.2, 0) is 17.6 Å². The van der Waals surface area contributed by atoms with Crippen LogP contribution in [0, 0.1) is 0 Å². The van der Waals surface area contributed by atoms with Gasteiger partial charge in [-0.15, -0.1) is 0 Å². The number of hydrogen-bond acceptors (Lipinski definition) is 3. The Kier molecular flexibility index (Phi) is 4.63. The summed E-state index contributed by atoms with van der Waals surface area (Å²) in [4.78, 5) is 4.46. The van der Waals surface area contributed by atoms with Crippen molar-refractivity contribution in [3.63, 3.8) is 0 Å². The molecule has 0 saturated carbocycles. The largest absolute Gasteiger partial charge is 0.372 e. The first-order valence-electron chi connectivity index (χ1n) is 7.71. The van der Waals surface area contributed by atoms with Crippen LogP contribution < -0.4 is 5.32 Å². The minimum absolute atomic E-state index is 0.108. The molecule has 1 aromatic carbocycles. The van der Waals surface area contributed by atoms with Crippen molar-refractivity contribution in [3.05, 3.63) is 65.5 Å². The summed E-state index contributed by atoms with van der Waals surface area (Å²) in [5, 5.41) is 3.58. The van der Waals surface area contributed by atoms with Gasteiger partial charge >= 0.3 is 0 Å². The van der Waals surface area contributed by atoms with Gasteiger partial charge in [0.15, 0.2) is 0 Å². The molecule has 0 fully saturated rings. The number of rotatable bonds is 5. The number of fused-ring (bicyclic) bond motifs is 1. The molecular weight excluding hydrogens is 260 g/mol. The molecule has 21 heavy (non-hydrogen) atoms. The summed E-state index contributed by atoms with van der Waals surface area (Å²) in [5.41, 5.74) is 3.85. The maximum atomic E-state index is 6.10. The van der Waals surface area contributed by atoms with Gasteiger partial charge in [0.1, 0.15) is 0 Å². The molecule has 0 saturated heterocycles. The second-order valence-corrected chi connectivity index (χ2v) is 5.43. The molecule has 2 atom stereocenters. The maximum Gasteiger partial charge on any atom is 0.0984 e. The first kappa shape index (κ1) is 14.2. The molecule has 1 aliphatic rings. The number of hydrogen-bond donors (Lipinski definition) is 1. The quantitative estimate of drug-likeness (QED) is 0.915. The average molecular weight is 282 g/mol. The van der Waals surface area contributed by atoms with E-state index < -0.39 is 0 Å². The van der Waals surface area contributed by atoms with Crippen molar-refractivity contribution in [1.82, 2.24) is 10.3 Å². The van der Waals surface area contributed by atoms with Crippen molar-refractivity contribution in [1.29, 1.82) is 0 Å². The predicted octanol–water partition coefficient (Wildman–Crippen LogP) is 2.92. The van der Waals surface area contributed by atoms with Gasteiger partial charge in [-0.25, -0.2) is 0 Å². The van der Waals surface area contributed by atoms with E-state index in [1.165, 1.54) is 11.1 Å². The molecule has 1 aliphatic heterocycles. The zero-order valence-corrected chi connectivity index (χ0v) is 12.5. The van der Waals surface area contributed by atoms with Crippen LogP contribution in [0.25, 0.3) is 0 Å². The molecule has 3 rings (SSSR count). The van der Waals surface area contributed by atoms with Gasteiger partial charge < -0.3 is 10.1 Å². The Bertz CT molecular complexity index is 570. The van der Waals surface area contributed by atoms with Crippen LogP contribution in [0.2, 0.25) is 0 Å². The molecule has 3 nitrogen and oxygen atoms in total. The number of pyridine rings is 1. The van der Waals surface area contributed by atoms with Gasteiger partial charge in [-0.3, -0.25) is 4.98 Å². The number of benzene rings is 1. The predicted molar refractivity (Wildman–Crippen MR) is 84.2 cm³/mol. The molecule has 0 radical (unpaired) electrons. The molecule has 0 bridgehead atoms. The Hall–Kier alpha value is -1.71. The van der Waals surface area contributed by atoms with E-state index in [0.29, 0.717) is 0 Å². The molecule has 3 heteroatoms. The van der Waals surface area contributed by atoms with Crippen molar-refractivity contribution < 1.29 is 4.74 Å². The number of nitrogens with one attached hydrogen (secondary N) is 1. The second kappa shape index (κ2) is 6.83. The molecule has 0 spiro atoms.